The monoisotopic (exact) mass is 387 g/mol. The molecule has 2 nitrogen and oxygen atoms in total. The van der Waals surface area contributed by atoms with Crippen LogP contribution in [-0.4, -0.2) is 17.3 Å². The maximum Gasteiger partial charge on any atom is 0.128 e. The first kappa shape index (κ1) is 20.1. The lowest BCUT2D eigenvalue weighted by Crippen LogP contribution is -2.52. The van der Waals surface area contributed by atoms with Crippen molar-refractivity contribution in [3.63, 3.8) is 0 Å². The van der Waals surface area contributed by atoms with E-state index < -0.39 is 11.4 Å². The second-order valence-electron chi connectivity index (χ2n) is 8.13. The van der Waals surface area contributed by atoms with E-state index in [-0.39, 0.29) is 17.8 Å². The van der Waals surface area contributed by atoms with Crippen LogP contribution in [-0.2, 0) is 6.42 Å². The van der Waals surface area contributed by atoms with Crippen LogP contribution in [0.1, 0.15) is 37.8 Å². The van der Waals surface area contributed by atoms with Gasteiger partial charge in [0.15, 0.2) is 0 Å². The Morgan fingerprint density at radius 3 is 2.52 bits per heavy atom. The van der Waals surface area contributed by atoms with Crippen molar-refractivity contribution in [2.45, 2.75) is 38.7 Å². The average Bonchev–Trinajstić information content (AvgIpc) is 2.63. The lowest BCUT2D eigenvalue weighted by molar-refractivity contribution is -0.0250. The largest absolute Gasteiger partial charge is 0.385 e. The highest BCUT2D eigenvalue weighted by Gasteiger charge is 2.49. The predicted molar refractivity (Wildman–Crippen MR) is 110 cm³/mol. The van der Waals surface area contributed by atoms with Crippen LogP contribution in [0.2, 0.25) is 5.02 Å². The lowest BCUT2D eigenvalue weighted by atomic mass is 9.59. The van der Waals surface area contributed by atoms with Gasteiger partial charge in [-0.25, -0.2) is 4.39 Å². The first-order chi connectivity index (χ1) is 12.8. The SMILES string of the molecule is CC1(C)CCC(CN)C(O)(Cc2c(F)cccc2Cl)C1=Cc1ccccc1. The molecule has 27 heavy (non-hydrogen) atoms. The van der Waals surface area contributed by atoms with Crippen LogP contribution in [0.3, 0.4) is 0 Å². The van der Waals surface area contributed by atoms with Gasteiger partial charge in [-0.15, -0.1) is 0 Å². The normalized spacial score (nSPS) is 26.3. The molecule has 0 heterocycles. The third-order valence-corrected chi connectivity index (χ3v) is 6.25. The fourth-order valence-corrected chi connectivity index (χ4v) is 4.50. The van der Waals surface area contributed by atoms with Gasteiger partial charge in [0.25, 0.3) is 0 Å². The van der Waals surface area contributed by atoms with Gasteiger partial charge in [0, 0.05) is 22.9 Å². The highest BCUT2D eigenvalue weighted by atomic mass is 35.5. The van der Waals surface area contributed by atoms with Crippen LogP contribution in [0.4, 0.5) is 4.39 Å². The van der Waals surface area contributed by atoms with Crippen LogP contribution >= 0.6 is 11.6 Å². The molecular formula is C23H27ClFNO. The number of hydrogen-bond donors (Lipinski definition) is 2. The van der Waals surface area contributed by atoms with E-state index in [0.717, 1.165) is 24.0 Å². The molecule has 2 aromatic carbocycles. The summed E-state index contributed by atoms with van der Waals surface area (Å²) in [4.78, 5) is 0. The zero-order valence-corrected chi connectivity index (χ0v) is 16.6. The summed E-state index contributed by atoms with van der Waals surface area (Å²) >= 11 is 6.28. The Morgan fingerprint density at radius 2 is 1.89 bits per heavy atom. The van der Waals surface area contributed by atoms with E-state index in [1.807, 2.05) is 36.4 Å². The van der Waals surface area contributed by atoms with Gasteiger partial charge in [-0.2, -0.15) is 0 Å². The van der Waals surface area contributed by atoms with Crippen LogP contribution in [0, 0.1) is 17.2 Å². The fraction of sp³-hybridized carbons (Fsp3) is 0.391. The van der Waals surface area contributed by atoms with E-state index >= 15 is 0 Å². The van der Waals surface area contributed by atoms with E-state index in [1.54, 1.807) is 12.1 Å². The van der Waals surface area contributed by atoms with Crippen molar-refractivity contribution in [3.05, 3.63) is 76.1 Å². The van der Waals surface area contributed by atoms with Gasteiger partial charge in [0.05, 0.1) is 5.60 Å². The molecule has 0 aromatic heterocycles. The van der Waals surface area contributed by atoms with Gasteiger partial charge in [-0.05, 0) is 48.1 Å². The number of halogens is 2. The minimum Gasteiger partial charge on any atom is -0.385 e. The number of hydrogen-bond acceptors (Lipinski definition) is 2. The highest BCUT2D eigenvalue weighted by molar-refractivity contribution is 6.31. The minimum atomic E-state index is -1.25. The molecule has 1 fully saturated rings. The van der Waals surface area contributed by atoms with Gasteiger partial charge in [0.1, 0.15) is 5.82 Å². The van der Waals surface area contributed by atoms with Crippen molar-refractivity contribution in [1.29, 1.82) is 0 Å². The summed E-state index contributed by atoms with van der Waals surface area (Å²) in [5.41, 5.74) is 6.80. The van der Waals surface area contributed by atoms with Crippen molar-refractivity contribution >= 4 is 17.7 Å². The number of aliphatic hydroxyl groups is 1. The molecule has 1 saturated carbocycles. The second kappa shape index (κ2) is 7.75. The summed E-state index contributed by atoms with van der Waals surface area (Å²) < 4.78 is 14.5. The Kier molecular flexibility index (Phi) is 5.76. The number of nitrogens with two attached hydrogens (primary N) is 1. The molecule has 0 radical (unpaired) electrons. The zero-order chi connectivity index (χ0) is 19.7. The second-order valence-corrected chi connectivity index (χ2v) is 8.53. The number of benzene rings is 2. The molecule has 2 atom stereocenters. The molecule has 1 aliphatic carbocycles. The van der Waals surface area contributed by atoms with E-state index in [0.29, 0.717) is 17.1 Å². The van der Waals surface area contributed by atoms with Crippen molar-refractivity contribution in [3.8, 4) is 0 Å². The van der Waals surface area contributed by atoms with Gasteiger partial charge in [0.2, 0.25) is 0 Å². The molecule has 144 valence electrons. The molecule has 3 N–H and O–H groups in total. The summed E-state index contributed by atoms with van der Waals surface area (Å²) in [7, 11) is 0. The van der Waals surface area contributed by atoms with E-state index in [1.165, 1.54) is 6.07 Å². The standard InChI is InChI=1S/C23H27ClFNO/c1-22(2)12-11-17(15-26)23(27,14-18-19(24)9-6-10-20(18)25)21(22)13-16-7-4-3-5-8-16/h3-10,13,17,27H,11-12,14-15,26H2,1-2H3. The molecule has 2 unspecified atom stereocenters. The summed E-state index contributed by atoms with van der Waals surface area (Å²) in [5, 5.41) is 12.3. The number of rotatable bonds is 4. The Labute approximate surface area is 165 Å². The van der Waals surface area contributed by atoms with Gasteiger partial charge < -0.3 is 10.8 Å². The topological polar surface area (TPSA) is 46.2 Å². The average molecular weight is 388 g/mol. The molecule has 0 spiro atoms. The quantitative estimate of drug-likeness (QED) is 0.754. The lowest BCUT2D eigenvalue weighted by Gasteiger charge is -2.50. The molecule has 0 aliphatic heterocycles. The summed E-state index contributed by atoms with van der Waals surface area (Å²) in [6.45, 7) is 4.59. The van der Waals surface area contributed by atoms with Gasteiger partial charge >= 0.3 is 0 Å². The molecular weight excluding hydrogens is 361 g/mol. The van der Waals surface area contributed by atoms with Crippen LogP contribution in [0.25, 0.3) is 6.08 Å². The van der Waals surface area contributed by atoms with Gasteiger partial charge in [-0.1, -0.05) is 67.9 Å². The first-order valence-electron chi connectivity index (χ1n) is 9.41. The summed E-state index contributed by atoms with van der Waals surface area (Å²) in [6.07, 6.45) is 3.86. The fourth-order valence-electron chi connectivity index (χ4n) is 4.27. The Morgan fingerprint density at radius 1 is 1.19 bits per heavy atom. The zero-order valence-electron chi connectivity index (χ0n) is 15.9. The maximum absolute atomic E-state index is 14.5. The molecule has 1 aliphatic rings. The Hall–Kier alpha value is -1.68. The van der Waals surface area contributed by atoms with Crippen LogP contribution < -0.4 is 5.73 Å². The van der Waals surface area contributed by atoms with Crippen LogP contribution in [0.15, 0.2) is 54.1 Å². The smallest absolute Gasteiger partial charge is 0.128 e. The van der Waals surface area contributed by atoms with E-state index in [9.17, 15) is 9.50 Å². The summed E-state index contributed by atoms with van der Waals surface area (Å²) in [6, 6.07) is 14.5. The maximum atomic E-state index is 14.5. The molecule has 4 heteroatoms. The van der Waals surface area contributed by atoms with Crippen molar-refractivity contribution in [2.75, 3.05) is 6.54 Å². The highest BCUT2D eigenvalue weighted by Crippen LogP contribution is 2.51. The van der Waals surface area contributed by atoms with E-state index in [4.69, 9.17) is 17.3 Å². The molecule has 0 saturated heterocycles. The van der Waals surface area contributed by atoms with E-state index in [2.05, 4.69) is 13.8 Å². The molecule has 3 rings (SSSR count). The Balaban J connectivity index is 2.14. The molecule has 0 amide bonds. The van der Waals surface area contributed by atoms with Crippen molar-refractivity contribution in [2.24, 2.45) is 17.1 Å². The predicted octanol–water partition coefficient (Wildman–Crippen LogP) is 5.23. The third-order valence-electron chi connectivity index (χ3n) is 5.89. The molecule has 2 aromatic rings. The molecule has 0 bridgehead atoms. The van der Waals surface area contributed by atoms with Gasteiger partial charge in [-0.3, -0.25) is 0 Å². The minimum absolute atomic E-state index is 0.114. The first-order valence-corrected chi connectivity index (χ1v) is 9.79. The third kappa shape index (κ3) is 3.96. The Bertz CT molecular complexity index is 813. The van der Waals surface area contributed by atoms with Crippen molar-refractivity contribution in [1.82, 2.24) is 0 Å². The van der Waals surface area contributed by atoms with Crippen LogP contribution in [0.5, 0.6) is 0 Å². The summed E-state index contributed by atoms with van der Waals surface area (Å²) in [5.74, 6) is -0.551. The van der Waals surface area contributed by atoms with Crippen molar-refractivity contribution < 1.29 is 9.50 Å².